The van der Waals surface area contributed by atoms with Gasteiger partial charge in [-0.25, -0.2) is 5.48 Å². The standard InChI is InChI=1S/C11H13N3O6/c1-12-10(15)6-20-13-11(16)8-5-7(19-2)3-4-9(8)14(17)18/h3-5H,6H2,1-2H3,(H,12,15)(H,13,16). The van der Waals surface area contributed by atoms with Gasteiger partial charge in [0.15, 0.2) is 6.61 Å². The van der Waals surface area contributed by atoms with Crippen molar-refractivity contribution in [1.82, 2.24) is 10.8 Å². The summed E-state index contributed by atoms with van der Waals surface area (Å²) in [5, 5.41) is 13.1. The van der Waals surface area contributed by atoms with Crippen LogP contribution in [-0.4, -0.2) is 37.5 Å². The van der Waals surface area contributed by atoms with Gasteiger partial charge in [-0.2, -0.15) is 0 Å². The van der Waals surface area contributed by atoms with E-state index in [0.717, 1.165) is 6.07 Å². The molecule has 0 heterocycles. The van der Waals surface area contributed by atoms with Crippen LogP contribution in [-0.2, 0) is 9.63 Å². The Labute approximate surface area is 114 Å². The Balaban J connectivity index is 2.84. The lowest BCUT2D eigenvalue weighted by atomic mass is 10.1. The van der Waals surface area contributed by atoms with E-state index >= 15 is 0 Å². The van der Waals surface area contributed by atoms with Gasteiger partial charge >= 0.3 is 0 Å². The van der Waals surface area contributed by atoms with Gasteiger partial charge in [0.2, 0.25) is 5.91 Å². The number of hydrogen-bond acceptors (Lipinski definition) is 6. The number of nitrogens with one attached hydrogen (secondary N) is 2. The van der Waals surface area contributed by atoms with Crippen LogP contribution in [0.3, 0.4) is 0 Å². The van der Waals surface area contributed by atoms with Crippen LogP contribution in [0.4, 0.5) is 5.69 Å². The number of carbonyl (C=O) groups excluding carboxylic acids is 2. The average molecular weight is 283 g/mol. The number of hydrogen-bond donors (Lipinski definition) is 2. The van der Waals surface area contributed by atoms with Gasteiger partial charge in [0.1, 0.15) is 11.3 Å². The van der Waals surface area contributed by atoms with Gasteiger partial charge < -0.3 is 10.1 Å². The molecule has 0 aromatic heterocycles. The highest BCUT2D eigenvalue weighted by atomic mass is 16.7. The first-order chi connectivity index (χ1) is 9.49. The number of amides is 2. The van der Waals surface area contributed by atoms with E-state index in [1.54, 1.807) is 0 Å². The number of carbonyl (C=O) groups is 2. The van der Waals surface area contributed by atoms with Gasteiger partial charge in [0.05, 0.1) is 12.0 Å². The third-order valence-electron chi connectivity index (χ3n) is 2.29. The Morgan fingerprint density at radius 2 is 2.10 bits per heavy atom. The molecule has 9 heteroatoms. The topological polar surface area (TPSA) is 120 Å². The van der Waals surface area contributed by atoms with Crippen LogP contribution in [0.1, 0.15) is 10.4 Å². The smallest absolute Gasteiger partial charge is 0.282 e. The molecule has 0 spiro atoms. The van der Waals surface area contributed by atoms with E-state index in [0.29, 0.717) is 0 Å². The van der Waals surface area contributed by atoms with Crippen molar-refractivity contribution in [2.24, 2.45) is 0 Å². The van der Waals surface area contributed by atoms with Gasteiger partial charge in [-0.3, -0.25) is 24.5 Å². The largest absolute Gasteiger partial charge is 0.497 e. The minimum atomic E-state index is -0.848. The third-order valence-corrected chi connectivity index (χ3v) is 2.29. The molecule has 108 valence electrons. The Morgan fingerprint density at radius 1 is 1.40 bits per heavy atom. The molecule has 0 aliphatic rings. The summed E-state index contributed by atoms with van der Waals surface area (Å²) >= 11 is 0. The number of ether oxygens (including phenoxy) is 1. The summed E-state index contributed by atoms with van der Waals surface area (Å²) in [4.78, 5) is 37.4. The number of likely N-dealkylation sites (N-methyl/N-ethyl adjacent to an activating group) is 1. The first-order valence-electron chi connectivity index (χ1n) is 5.44. The maximum Gasteiger partial charge on any atom is 0.282 e. The molecule has 0 atom stereocenters. The summed E-state index contributed by atoms with van der Waals surface area (Å²) < 4.78 is 4.89. The summed E-state index contributed by atoms with van der Waals surface area (Å²) in [5.41, 5.74) is 1.32. The molecule has 0 radical (unpaired) electrons. The van der Waals surface area contributed by atoms with E-state index in [1.807, 2.05) is 5.48 Å². The van der Waals surface area contributed by atoms with Crippen molar-refractivity contribution < 1.29 is 24.1 Å². The highest BCUT2D eigenvalue weighted by Crippen LogP contribution is 2.23. The fraction of sp³-hybridized carbons (Fsp3) is 0.273. The Morgan fingerprint density at radius 3 is 2.65 bits per heavy atom. The van der Waals surface area contributed by atoms with Gasteiger partial charge in [0, 0.05) is 13.1 Å². The first kappa shape index (κ1) is 15.4. The number of nitro benzene ring substituents is 1. The SMILES string of the molecule is CNC(=O)CONC(=O)c1cc(OC)ccc1[N+](=O)[O-]. The van der Waals surface area contributed by atoms with Crippen molar-refractivity contribution >= 4 is 17.5 Å². The summed E-state index contributed by atoms with van der Waals surface area (Å²) in [6, 6.07) is 3.71. The van der Waals surface area contributed by atoms with E-state index in [9.17, 15) is 19.7 Å². The monoisotopic (exact) mass is 283 g/mol. The van der Waals surface area contributed by atoms with Crippen molar-refractivity contribution in [2.75, 3.05) is 20.8 Å². The molecule has 0 saturated carbocycles. The molecule has 9 nitrogen and oxygen atoms in total. The summed E-state index contributed by atoms with van der Waals surface area (Å²) in [7, 11) is 2.77. The highest BCUT2D eigenvalue weighted by Gasteiger charge is 2.21. The quantitative estimate of drug-likeness (QED) is 0.560. The van der Waals surface area contributed by atoms with Crippen molar-refractivity contribution in [1.29, 1.82) is 0 Å². The van der Waals surface area contributed by atoms with Crippen LogP contribution >= 0.6 is 0 Å². The van der Waals surface area contributed by atoms with Crippen LogP contribution < -0.4 is 15.5 Å². The molecule has 0 unspecified atom stereocenters. The zero-order chi connectivity index (χ0) is 15.1. The number of nitro groups is 1. The molecule has 0 bridgehead atoms. The maximum atomic E-state index is 11.8. The normalized spacial score (nSPS) is 9.70. The number of rotatable bonds is 6. The maximum absolute atomic E-state index is 11.8. The van der Waals surface area contributed by atoms with Crippen LogP contribution in [0.2, 0.25) is 0 Å². The van der Waals surface area contributed by atoms with Gasteiger partial charge in [0.25, 0.3) is 11.6 Å². The second-order valence-electron chi connectivity index (χ2n) is 3.53. The lowest BCUT2D eigenvalue weighted by Gasteiger charge is -2.07. The predicted molar refractivity (Wildman–Crippen MR) is 67.1 cm³/mol. The number of hydroxylamine groups is 1. The van der Waals surface area contributed by atoms with E-state index in [2.05, 4.69) is 10.2 Å². The van der Waals surface area contributed by atoms with Crippen LogP contribution in [0.15, 0.2) is 18.2 Å². The predicted octanol–water partition coefficient (Wildman–Crippen LogP) is 0.0108. The van der Waals surface area contributed by atoms with Gasteiger partial charge in [-0.15, -0.1) is 0 Å². The molecule has 0 aliphatic carbocycles. The van der Waals surface area contributed by atoms with E-state index in [1.165, 1.54) is 26.3 Å². The summed E-state index contributed by atoms with van der Waals surface area (Å²) in [6.07, 6.45) is 0. The second-order valence-corrected chi connectivity index (χ2v) is 3.53. The zero-order valence-electron chi connectivity index (χ0n) is 10.8. The lowest BCUT2D eigenvalue weighted by molar-refractivity contribution is -0.385. The fourth-order valence-corrected chi connectivity index (χ4v) is 1.28. The molecule has 20 heavy (non-hydrogen) atoms. The molecule has 0 saturated heterocycles. The van der Waals surface area contributed by atoms with E-state index < -0.39 is 29.0 Å². The third kappa shape index (κ3) is 3.92. The average Bonchev–Trinajstić information content (AvgIpc) is 2.45. The van der Waals surface area contributed by atoms with E-state index in [4.69, 9.17) is 4.74 Å². The molecular formula is C11H13N3O6. The first-order valence-corrected chi connectivity index (χ1v) is 5.44. The zero-order valence-corrected chi connectivity index (χ0v) is 10.8. The lowest BCUT2D eigenvalue weighted by Crippen LogP contribution is -2.31. The number of benzene rings is 1. The minimum Gasteiger partial charge on any atom is -0.497 e. The number of nitrogens with zero attached hydrogens (tertiary/aromatic N) is 1. The van der Waals surface area contributed by atoms with Crippen molar-refractivity contribution in [3.8, 4) is 5.75 Å². The minimum absolute atomic E-state index is 0.230. The summed E-state index contributed by atoms with van der Waals surface area (Å²) in [6.45, 7) is -0.403. The molecule has 1 aromatic carbocycles. The molecule has 0 aliphatic heterocycles. The highest BCUT2D eigenvalue weighted by molar-refractivity contribution is 5.98. The molecule has 0 fully saturated rings. The van der Waals surface area contributed by atoms with Crippen LogP contribution in [0.5, 0.6) is 5.75 Å². The molecule has 1 rings (SSSR count). The van der Waals surface area contributed by atoms with E-state index in [-0.39, 0.29) is 11.3 Å². The Kier molecular flexibility index (Phi) is 5.42. The van der Waals surface area contributed by atoms with Crippen LogP contribution in [0.25, 0.3) is 0 Å². The fourth-order valence-electron chi connectivity index (χ4n) is 1.28. The van der Waals surface area contributed by atoms with Crippen LogP contribution in [0, 0.1) is 10.1 Å². The molecule has 2 N–H and O–H groups in total. The van der Waals surface area contributed by atoms with Crippen molar-refractivity contribution in [2.45, 2.75) is 0 Å². The van der Waals surface area contributed by atoms with Crippen molar-refractivity contribution in [3.05, 3.63) is 33.9 Å². The van der Waals surface area contributed by atoms with Gasteiger partial charge in [-0.05, 0) is 12.1 Å². The molecular weight excluding hydrogens is 270 g/mol. The second kappa shape index (κ2) is 7.04. The Bertz CT molecular complexity index is 531. The van der Waals surface area contributed by atoms with Gasteiger partial charge in [-0.1, -0.05) is 0 Å². The van der Waals surface area contributed by atoms with Crippen molar-refractivity contribution in [3.63, 3.8) is 0 Å². The summed E-state index contributed by atoms with van der Waals surface area (Å²) in [5.74, 6) is -1.02. The Hall–Kier alpha value is -2.68. The molecule has 1 aromatic rings. The molecule has 2 amide bonds. The number of methoxy groups -OCH3 is 1.